The van der Waals surface area contributed by atoms with E-state index in [0.29, 0.717) is 25.4 Å². The van der Waals surface area contributed by atoms with Crippen molar-refractivity contribution in [2.45, 2.75) is 57.5 Å². The molecule has 1 saturated heterocycles. The van der Waals surface area contributed by atoms with Gasteiger partial charge in [0.2, 0.25) is 5.91 Å². The van der Waals surface area contributed by atoms with Gasteiger partial charge in [-0.3, -0.25) is 4.79 Å². The van der Waals surface area contributed by atoms with Gasteiger partial charge in [-0.05, 0) is 62.6 Å². The topological polar surface area (TPSA) is 110 Å². The number of carbonyl (C=O) groups is 2. The quantitative estimate of drug-likeness (QED) is 0.441. The highest BCUT2D eigenvalue weighted by Crippen LogP contribution is 2.34. The third-order valence-electron chi connectivity index (χ3n) is 7.57. The minimum absolute atomic E-state index is 0.0652. The lowest BCUT2D eigenvalue weighted by molar-refractivity contribution is -0.117. The second kappa shape index (κ2) is 10.9. The molecule has 2 aromatic carbocycles. The smallest absolute Gasteiger partial charge is 0.410 e. The van der Waals surface area contributed by atoms with E-state index in [9.17, 15) is 9.59 Å². The van der Waals surface area contributed by atoms with E-state index in [1.54, 1.807) is 0 Å². The normalized spacial score (nSPS) is 19.8. The lowest BCUT2D eigenvalue weighted by Crippen LogP contribution is -2.39. The lowest BCUT2D eigenvalue weighted by Gasteiger charge is -2.32. The van der Waals surface area contributed by atoms with Crippen molar-refractivity contribution in [2.24, 2.45) is 11.7 Å². The molecule has 2 amide bonds. The van der Waals surface area contributed by atoms with E-state index >= 15 is 0 Å². The van der Waals surface area contributed by atoms with Crippen molar-refractivity contribution in [3.8, 4) is 22.4 Å². The van der Waals surface area contributed by atoms with Gasteiger partial charge in [-0.2, -0.15) is 0 Å². The minimum Gasteiger partial charge on any atom is -0.448 e. The van der Waals surface area contributed by atoms with E-state index in [2.05, 4.69) is 15.5 Å². The number of hydrogen-bond acceptors (Lipinski definition) is 6. The van der Waals surface area contributed by atoms with E-state index in [0.717, 1.165) is 53.6 Å². The molecule has 38 heavy (non-hydrogen) atoms. The molecular formula is C30H35N5O3. The fraction of sp³-hybridized carbons (Fsp3) is 0.400. The van der Waals surface area contributed by atoms with Gasteiger partial charge < -0.3 is 20.7 Å². The zero-order chi connectivity index (χ0) is 26.7. The highest BCUT2D eigenvalue weighted by atomic mass is 16.6. The fourth-order valence-corrected chi connectivity index (χ4v) is 5.42. The van der Waals surface area contributed by atoms with Crippen LogP contribution in [-0.4, -0.2) is 46.3 Å². The number of aromatic nitrogens is 2. The van der Waals surface area contributed by atoms with Crippen LogP contribution in [0.4, 0.5) is 10.6 Å². The zero-order valence-electron chi connectivity index (χ0n) is 22.0. The van der Waals surface area contributed by atoms with Crippen molar-refractivity contribution in [1.82, 2.24) is 15.1 Å². The van der Waals surface area contributed by atoms with Crippen LogP contribution in [0.1, 0.15) is 51.5 Å². The summed E-state index contributed by atoms with van der Waals surface area (Å²) in [5.74, 6) is 0.659. The number of carbonyl (C=O) groups excluding carboxylic acids is 2. The predicted molar refractivity (Wildman–Crippen MR) is 147 cm³/mol. The van der Waals surface area contributed by atoms with Crippen LogP contribution in [0.5, 0.6) is 0 Å². The SMILES string of the molecule is CC(C)(N)c1ccc(-c2nnc(NC(=O)CC3CCC(N4CCOC4=O)CC3)cc2-c2ccccc2)cc1. The van der Waals surface area contributed by atoms with Gasteiger partial charge in [0.25, 0.3) is 0 Å². The number of benzene rings is 2. The molecule has 0 spiro atoms. The van der Waals surface area contributed by atoms with Crippen LogP contribution in [0.15, 0.2) is 60.7 Å². The van der Waals surface area contributed by atoms with Crippen molar-refractivity contribution >= 4 is 17.8 Å². The molecule has 2 aliphatic rings. The Morgan fingerprint density at radius 2 is 1.74 bits per heavy atom. The second-order valence-electron chi connectivity index (χ2n) is 10.9. The Hall–Kier alpha value is -3.78. The van der Waals surface area contributed by atoms with Crippen molar-refractivity contribution in [1.29, 1.82) is 0 Å². The van der Waals surface area contributed by atoms with E-state index < -0.39 is 5.54 Å². The van der Waals surface area contributed by atoms with E-state index in [1.807, 2.05) is 79.4 Å². The van der Waals surface area contributed by atoms with Crippen LogP contribution >= 0.6 is 0 Å². The first kappa shape index (κ1) is 25.9. The first-order valence-corrected chi connectivity index (χ1v) is 13.3. The summed E-state index contributed by atoms with van der Waals surface area (Å²) < 4.78 is 5.08. The Morgan fingerprint density at radius 3 is 2.37 bits per heavy atom. The molecule has 1 aromatic heterocycles. The number of rotatable bonds is 7. The standard InChI is InChI=1S/C30H35N5O3/c1-30(2,31)23-12-10-22(11-13-23)28-25(21-6-4-3-5-7-21)19-26(33-34-28)32-27(36)18-20-8-14-24(15-9-20)35-16-17-38-29(35)37/h3-7,10-13,19-20,24H,8-9,14-18,31H2,1-2H3,(H,32,33,36). The van der Waals surface area contributed by atoms with Gasteiger partial charge in [-0.1, -0.05) is 54.6 Å². The molecule has 5 rings (SSSR count). The molecule has 2 fully saturated rings. The number of nitrogens with two attached hydrogens (primary N) is 1. The Balaban J connectivity index is 1.28. The van der Waals surface area contributed by atoms with Crippen LogP contribution in [0, 0.1) is 5.92 Å². The second-order valence-corrected chi connectivity index (χ2v) is 10.9. The first-order chi connectivity index (χ1) is 18.3. The van der Waals surface area contributed by atoms with Crippen molar-refractivity contribution in [3.05, 3.63) is 66.2 Å². The Kier molecular flexibility index (Phi) is 7.42. The first-order valence-electron chi connectivity index (χ1n) is 13.3. The fourth-order valence-electron chi connectivity index (χ4n) is 5.42. The molecular weight excluding hydrogens is 478 g/mol. The number of ether oxygens (including phenoxy) is 1. The monoisotopic (exact) mass is 513 g/mol. The highest BCUT2D eigenvalue weighted by molar-refractivity contribution is 5.91. The maximum atomic E-state index is 12.9. The maximum absolute atomic E-state index is 12.9. The average molecular weight is 514 g/mol. The van der Waals surface area contributed by atoms with Crippen LogP contribution in [-0.2, 0) is 15.1 Å². The lowest BCUT2D eigenvalue weighted by atomic mass is 9.83. The van der Waals surface area contributed by atoms with Gasteiger partial charge in [0, 0.05) is 29.1 Å². The summed E-state index contributed by atoms with van der Waals surface area (Å²) in [6.07, 6.45) is 3.85. The van der Waals surface area contributed by atoms with Crippen molar-refractivity contribution in [3.63, 3.8) is 0 Å². The van der Waals surface area contributed by atoms with Crippen molar-refractivity contribution in [2.75, 3.05) is 18.5 Å². The van der Waals surface area contributed by atoms with E-state index in [-0.39, 0.29) is 24.0 Å². The molecule has 1 aliphatic heterocycles. The molecule has 8 heteroatoms. The summed E-state index contributed by atoms with van der Waals surface area (Å²) in [6.45, 7) is 5.10. The molecule has 3 aromatic rings. The molecule has 198 valence electrons. The molecule has 1 saturated carbocycles. The molecule has 0 atom stereocenters. The Bertz CT molecular complexity index is 1280. The van der Waals surface area contributed by atoms with Gasteiger partial charge in [-0.15, -0.1) is 10.2 Å². The van der Waals surface area contributed by atoms with E-state index in [4.69, 9.17) is 10.5 Å². The minimum atomic E-state index is -0.431. The molecule has 2 heterocycles. The summed E-state index contributed by atoms with van der Waals surface area (Å²) in [6, 6.07) is 20.2. The predicted octanol–water partition coefficient (Wildman–Crippen LogP) is 5.34. The number of amides is 2. The highest BCUT2D eigenvalue weighted by Gasteiger charge is 2.33. The molecule has 0 unspecified atom stereocenters. The number of nitrogens with zero attached hydrogens (tertiary/aromatic N) is 3. The molecule has 0 radical (unpaired) electrons. The number of nitrogens with one attached hydrogen (secondary N) is 1. The van der Waals surface area contributed by atoms with Gasteiger partial charge in [0.05, 0.1) is 6.54 Å². The van der Waals surface area contributed by atoms with Crippen LogP contribution in [0.25, 0.3) is 22.4 Å². The Labute approximate surface area is 223 Å². The summed E-state index contributed by atoms with van der Waals surface area (Å²) in [5, 5.41) is 11.9. The van der Waals surface area contributed by atoms with Gasteiger partial charge in [0.1, 0.15) is 12.3 Å². The van der Waals surface area contributed by atoms with Crippen LogP contribution in [0.2, 0.25) is 0 Å². The maximum Gasteiger partial charge on any atom is 0.410 e. The average Bonchev–Trinajstić information content (AvgIpc) is 3.35. The van der Waals surface area contributed by atoms with Gasteiger partial charge >= 0.3 is 6.09 Å². The molecule has 1 aliphatic carbocycles. The summed E-state index contributed by atoms with van der Waals surface area (Å²) >= 11 is 0. The largest absolute Gasteiger partial charge is 0.448 e. The summed E-state index contributed by atoms with van der Waals surface area (Å²) in [7, 11) is 0. The van der Waals surface area contributed by atoms with Gasteiger partial charge in [-0.25, -0.2) is 4.79 Å². The molecule has 0 bridgehead atoms. The number of cyclic esters (lactones) is 1. The zero-order valence-corrected chi connectivity index (χ0v) is 22.0. The third-order valence-corrected chi connectivity index (χ3v) is 7.57. The van der Waals surface area contributed by atoms with Gasteiger partial charge in [0.15, 0.2) is 5.82 Å². The van der Waals surface area contributed by atoms with Crippen molar-refractivity contribution < 1.29 is 14.3 Å². The molecule has 3 N–H and O–H groups in total. The number of anilines is 1. The number of hydrogen-bond donors (Lipinski definition) is 2. The van der Waals surface area contributed by atoms with Crippen LogP contribution < -0.4 is 11.1 Å². The Morgan fingerprint density at radius 1 is 1.03 bits per heavy atom. The summed E-state index contributed by atoms with van der Waals surface area (Å²) in [4.78, 5) is 26.6. The third kappa shape index (κ3) is 5.86. The van der Waals surface area contributed by atoms with E-state index in [1.165, 1.54) is 0 Å². The van der Waals surface area contributed by atoms with Crippen LogP contribution in [0.3, 0.4) is 0 Å². The summed E-state index contributed by atoms with van der Waals surface area (Å²) in [5.41, 5.74) is 10.4. The molecule has 8 nitrogen and oxygen atoms in total.